The van der Waals surface area contributed by atoms with Crippen molar-refractivity contribution < 1.29 is 9.47 Å². The molecule has 4 aromatic rings. The van der Waals surface area contributed by atoms with Crippen molar-refractivity contribution in [3.63, 3.8) is 0 Å². The minimum absolute atomic E-state index is 0.0459. The van der Waals surface area contributed by atoms with Gasteiger partial charge < -0.3 is 0 Å². The van der Waals surface area contributed by atoms with Crippen LogP contribution in [-0.2, 0) is 6.42 Å². The van der Waals surface area contributed by atoms with Crippen LogP contribution >= 0.6 is 0 Å². The molecule has 0 saturated carbocycles. The first-order valence-corrected chi connectivity index (χ1v) is 17.6. The minimum atomic E-state index is -3.48. The summed E-state index contributed by atoms with van der Waals surface area (Å²) in [5.41, 5.74) is 7.25. The summed E-state index contributed by atoms with van der Waals surface area (Å²) in [6, 6.07) is 30.1. The van der Waals surface area contributed by atoms with E-state index in [1.54, 1.807) is 14.2 Å². The topological polar surface area (TPSA) is 18.5 Å². The Kier molecular flexibility index (Phi) is 7.16. The second kappa shape index (κ2) is 10.4. The Morgan fingerprint density at radius 1 is 0.737 bits per heavy atom. The van der Waals surface area contributed by atoms with Crippen molar-refractivity contribution in [2.45, 2.75) is 44.8 Å². The van der Waals surface area contributed by atoms with Crippen LogP contribution in [0.2, 0.25) is 4.25 Å². The first kappa shape index (κ1) is 26.2. The maximum absolute atomic E-state index is 6.26. The molecule has 0 unspecified atom stereocenters. The van der Waals surface area contributed by atoms with Gasteiger partial charge >= 0.3 is 231 Å². The van der Waals surface area contributed by atoms with Gasteiger partial charge in [0, 0.05) is 0 Å². The van der Waals surface area contributed by atoms with Gasteiger partial charge in [-0.25, -0.2) is 0 Å². The Labute approximate surface area is 230 Å². The van der Waals surface area contributed by atoms with Crippen molar-refractivity contribution in [2.75, 3.05) is 14.2 Å². The van der Waals surface area contributed by atoms with Gasteiger partial charge in [0.1, 0.15) is 0 Å². The molecule has 0 fully saturated rings. The molecule has 0 N–H and O–H groups in total. The molecule has 0 radical (unpaired) electrons. The normalized spacial score (nSPS) is 15.7. The fourth-order valence-electron chi connectivity index (χ4n) is 6.15. The van der Waals surface area contributed by atoms with Gasteiger partial charge in [-0.2, -0.15) is 0 Å². The standard InChI is InChI=1S/C35H36GeO2/c1-7-16-28-31-27-21-14-15-22-29(27)36(35(2,3)4,24-23-25-17-10-8-11-18-25)32(31)30(26-19-12-9-13-20-26)34(38-6)33(28)37-5/h8-15,17-22H,7,16H2,1-6H3/t36-/m0/s1. The van der Waals surface area contributed by atoms with E-state index in [2.05, 4.69) is 117 Å². The van der Waals surface area contributed by atoms with Crippen LogP contribution in [0, 0.1) is 10.7 Å². The summed E-state index contributed by atoms with van der Waals surface area (Å²) in [6.07, 6.45) is 1.93. The van der Waals surface area contributed by atoms with Crippen molar-refractivity contribution in [2.24, 2.45) is 0 Å². The molecule has 3 heteroatoms. The Morgan fingerprint density at radius 3 is 1.95 bits per heavy atom. The van der Waals surface area contributed by atoms with Crippen LogP contribution in [0.1, 0.15) is 45.2 Å². The fraction of sp³-hybridized carbons (Fsp3) is 0.257. The molecule has 38 heavy (non-hydrogen) atoms. The van der Waals surface area contributed by atoms with Crippen LogP contribution in [0.15, 0.2) is 84.9 Å². The van der Waals surface area contributed by atoms with E-state index in [1.165, 1.54) is 25.5 Å². The summed E-state index contributed by atoms with van der Waals surface area (Å²) in [4.78, 5) is 0. The Balaban J connectivity index is 2.04. The summed E-state index contributed by atoms with van der Waals surface area (Å²) in [6.45, 7) is 9.41. The van der Waals surface area contributed by atoms with Crippen LogP contribution in [0.3, 0.4) is 0 Å². The monoisotopic (exact) mass is 562 g/mol. The van der Waals surface area contributed by atoms with Gasteiger partial charge in [0.05, 0.1) is 0 Å². The van der Waals surface area contributed by atoms with E-state index in [0.717, 1.165) is 41.0 Å². The SMILES string of the molecule is CCCc1c(OC)c(OC)c(-c2ccccc2)[c]2c1-c1cccc[c]1[Ge@]2([C]#Cc1ccccc1)[C](C)(C)C. The first-order chi connectivity index (χ1) is 18.4. The van der Waals surface area contributed by atoms with E-state index in [0.29, 0.717) is 0 Å². The van der Waals surface area contributed by atoms with Gasteiger partial charge in [-0.05, 0) is 0 Å². The first-order valence-electron chi connectivity index (χ1n) is 13.4. The predicted octanol–water partition coefficient (Wildman–Crippen LogP) is 7.26. The molecule has 192 valence electrons. The second-order valence-corrected chi connectivity index (χ2v) is 19.9. The summed E-state index contributed by atoms with van der Waals surface area (Å²) >= 11 is -3.48. The molecule has 0 bridgehead atoms. The van der Waals surface area contributed by atoms with Crippen LogP contribution in [-0.4, -0.2) is 27.5 Å². The molecule has 0 amide bonds. The third-order valence-electron chi connectivity index (χ3n) is 7.75. The third kappa shape index (κ3) is 4.05. The van der Waals surface area contributed by atoms with E-state index in [1.807, 2.05) is 6.07 Å². The molecule has 2 nitrogen and oxygen atoms in total. The Morgan fingerprint density at radius 2 is 1.34 bits per heavy atom. The zero-order valence-corrected chi connectivity index (χ0v) is 25.4. The van der Waals surface area contributed by atoms with Crippen LogP contribution < -0.4 is 18.3 Å². The van der Waals surface area contributed by atoms with Gasteiger partial charge in [-0.15, -0.1) is 0 Å². The number of ether oxygens (including phenoxy) is 2. The van der Waals surface area contributed by atoms with Gasteiger partial charge in [-0.3, -0.25) is 0 Å². The van der Waals surface area contributed by atoms with Crippen molar-refractivity contribution in [1.82, 2.24) is 0 Å². The summed E-state index contributed by atoms with van der Waals surface area (Å²) in [5.74, 6) is 5.35. The number of rotatable bonds is 5. The Bertz CT molecular complexity index is 1520. The third-order valence-corrected chi connectivity index (χ3v) is 18.8. The van der Waals surface area contributed by atoms with Crippen LogP contribution in [0.5, 0.6) is 11.5 Å². The predicted molar refractivity (Wildman–Crippen MR) is 162 cm³/mol. The molecule has 0 aromatic heterocycles. The Hall–Kier alpha value is -3.42. The van der Waals surface area contributed by atoms with Gasteiger partial charge in [0.2, 0.25) is 0 Å². The van der Waals surface area contributed by atoms with Gasteiger partial charge in [-0.1, -0.05) is 0 Å². The molecular formula is C35H36GeO2. The summed E-state index contributed by atoms with van der Waals surface area (Å²) < 4.78 is 19.3. The number of methoxy groups -OCH3 is 2. The van der Waals surface area contributed by atoms with Crippen molar-refractivity contribution >= 4 is 22.1 Å². The molecular weight excluding hydrogens is 525 g/mol. The quantitative estimate of drug-likeness (QED) is 0.189. The number of hydrogen-bond donors (Lipinski definition) is 0. The van der Waals surface area contributed by atoms with Gasteiger partial charge in [0.15, 0.2) is 0 Å². The molecule has 5 rings (SSSR count). The zero-order chi connectivity index (χ0) is 26.9. The molecule has 0 spiro atoms. The maximum atomic E-state index is 6.26. The van der Waals surface area contributed by atoms with Gasteiger partial charge in [0.25, 0.3) is 0 Å². The molecule has 1 aliphatic heterocycles. The summed E-state index contributed by atoms with van der Waals surface area (Å²) in [5, 5.41) is 0. The van der Waals surface area contributed by atoms with E-state index in [-0.39, 0.29) is 4.25 Å². The number of fused-ring (bicyclic) bond motifs is 3. The molecule has 0 aliphatic carbocycles. The van der Waals surface area contributed by atoms with Crippen LogP contribution in [0.4, 0.5) is 0 Å². The second-order valence-electron chi connectivity index (χ2n) is 10.9. The molecule has 1 atom stereocenters. The molecule has 4 aromatic carbocycles. The zero-order valence-electron chi connectivity index (χ0n) is 23.3. The van der Waals surface area contributed by atoms with Crippen molar-refractivity contribution in [3.8, 4) is 44.4 Å². The molecule has 1 heterocycles. The van der Waals surface area contributed by atoms with Crippen molar-refractivity contribution in [1.29, 1.82) is 0 Å². The van der Waals surface area contributed by atoms with E-state index < -0.39 is 13.3 Å². The fourth-order valence-corrected chi connectivity index (χ4v) is 16.7. The van der Waals surface area contributed by atoms with Crippen molar-refractivity contribution in [3.05, 3.63) is 96.1 Å². The average Bonchev–Trinajstić information content (AvgIpc) is 3.24. The van der Waals surface area contributed by atoms with E-state index in [9.17, 15) is 0 Å². The number of hydrogen-bond acceptors (Lipinski definition) is 2. The van der Waals surface area contributed by atoms with Crippen LogP contribution in [0.25, 0.3) is 22.3 Å². The molecule has 1 aliphatic rings. The number of benzene rings is 4. The molecule has 0 saturated heterocycles. The summed E-state index contributed by atoms with van der Waals surface area (Å²) in [7, 11) is 3.54. The van der Waals surface area contributed by atoms with E-state index in [4.69, 9.17) is 9.47 Å². The van der Waals surface area contributed by atoms with E-state index >= 15 is 0 Å². The average molecular weight is 561 g/mol.